The lowest BCUT2D eigenvalue weighted by Gasteiger charge is -2.61. The molecule has 2 aromatic heterocycles. The summed E-state index contributed by atoms with van der Waals surface area (Å²) in [5, 5.41) is 3.13. The largest absolute Gasteiger partial charge is 0.369 e. The number of halogens is 1. The van der Waals surface area contributed by atoms with Gasteiger partial charge in [-0.15, -0.1) is 0 Å². The molecule has 1 saturated carbocycles. The van der Waals surface area contributed by atoms with E-state index >= 15 is 4.39 Å². The van der Waals surface area contributed by atoms with Crippen LogP contribution in [0, 0.1) is 11.2 Å². The van der Waals surface area contributed by atoms with Crippen molar-refractivity contribution in [3.05, 3.63) is 59.7 Å². The highest BCUT2D eigenvalue weighted by atomic mass is 19.1. The Morgan fingerprint density at radius 1 is 1.00 bits per heavy atom. The molecule has 3 aromatic rings. The van der Waals surface area contributed by atoms with Crippen LogP contribution in [0.1, 0.15) is 48.5 Å². The van der Waals surface area contributed by atoms with Gasteiger partial charge >= 0.3 is 0 Å². The van der Waals surface area contributed by atoms with E-state index in [0.29, 0.717) is 23.3 Å². The minimum atomic E-state index is -0.493. The molecule has 3 aliphatic heterocycles. The third-order valence-corrected chi connectivity index (χ3v) is 9.26. The third kappa shape index (κ3) is 4.06. The van der Waals surface area contributed by atoms with Crippen molar-refractivity contribution in [1.82, 2.24) is 24.8 Å². The quantitative estimate of drug-likeness (QED) is 0.525. The molecule has 1 amide bonds. The number of carbonyl (C=O) groups is 1. The van der Waals surface area contributed by atoms with Crippen molar-refractivity contribution in [1.29, 1.82) is 0 Å². The fourth-order valence-electron chi connectivity index (χ4n) is 7.28. The average molecular weight is 528 g/mol. The minimum Gasteiger partial charge on any atom is -0.369 e. The van der Waals surface area contributed by atoms with E-state index < -0.39 is 5.82 Å². The van der Waals surface area contributed by atoms with Gasteiger partial charge in [0.05, 0.1) is 18.1 Å². The zero-order chi connectivity index (χ0) is 26.8. The molecule has 202 valence electrons. The number of carbonyl (C=O) groups excluding carboxylic acids is 1. The highest BCUT2D eigenvalue weighted by molar-refractivity contribution is 5.98. The van der Waals surface area contributed by atoms with Crippen LogP contribution in [0.15, 0.2) is 42.7 Å². The number of anilines is 3. The van der Waals surface area contributed by atoms with Gasteiger partial charge in [0, 0.05) is 61.7 Å². The zero-order valence-corrected chi connectivity index (χ0v) is 22.6. The predicted molar refractivity (Wildman–Crippen MR) is 149 cm³/mol. The summed E-state index contributed by atoms with van der Waals surface area (Å²) in [6.45, 7) is 8.58. The van der Waals surface area contributed by atoms with Crippen molar-refractivity contribution in [2.75, 3.05) is 56.5 Å². The molecule has 1 aliphatic carbocycles. The fraction of sp³-hybridized carbons (Fsp3) is 0.467. The number of aromatic nitrogens is 3. The first kappa shape index (κ1) is 24.5. The molecule has 7 rings (SSSR count). The van der Waals surface area contributed by atoms with Crippen molar-refractivity contribution in [3.8, 4) is 11.3 Å². The van der Waals surface area contributed by atoms with Crippen molar-refractivity contribution < 1.29 is 9.18 Å². The second-order valence-electron chi connectivity index (χ2n) is 12.0. The number of hydrogen-bond donors (Lipinski definition) is 1. The maximum Gasteiger partial charge on any atom is 0.253 e. The van der Waals surface area contributed by atoms with E-state index in [4.69, 9.17) is 0 Å². The van der Waals surface area contributed by atoms with Crippen LogP contribution in [0.5, 0.6) is 0 Å². The van der Waals surface area contributed by atoms with E-state index in [2.05, 4.69) is 43.1 Å². The Kier molecular flexibility index (Phi) is 5.63. The molecule has 5 heterocycles. The van der Waals surface area contributed by atoms with Crippen LogP contribution in [0.2, 0.25) is 0 Å². The van der Waals surface area contributed by atoms with E-state index in [9.17, 15) is 4.79 Å². The highest BCUT2D eigenvalue weighted by Gasteiger charge is 2.51. The van der Waals surface area contributed by atoms with E-state index in [1.807, 2.05) is 36.3 Å². The number of nitrogens with one attached hydrogen (secondary N) is 1. The van der Waals surface area contributed by atoms with E-state index in [-0.39, 0.29) is 23.0 Å². The van der Waals surface area contributed by atoms with Gasteiger partial charge in [0.2, 0.25) is 5.95 Å². The molecule has 8 nitrogen and oxygen atoms in total. The van der Waals surface area contributed by atoms with Gasteiger partial charge in [0.15, 0.2) is 5.82 Å². The summed E-state index contributed by atoms with van der Waals surface area (Å²) >= 11 is 0. The lowest BCUT2D eigenvalue weighted by atomic mass is 9.72. The number of nitrogens with zero attached hydrogens (tertiary/aromatic N) is 6. The number of rotatable bonds is 5. The summed E-state index contributed by atoms with van der Waals surface area (Å²) in [5.41, 5.74) is 4.14. The number of benzene rings is 1. The molecule has 2 spiro atoms. The molecule has 1 N–H and O–H groups in total. The van der Waals surface area contributed by atoms with Gasteiger partial charge in [-0.2, -0.15) is 0 Å². The number of amides is 1. The van der Waals surface area contributed by atoms with E-state index in [1.54, 1.807) is 6.07 Å². The fourth-order valence-corrected chi connectivity index (χ4v) is 7.28. The van der Waals surface area contributed by atoms with E-state index in [0.717, 1.165) is 62.1 Å². The summed E-state index contributed by atoms with van der Waals surface area (Å²) in [5.74, 6) is 0.426. The maximum atomic E-state index is 15.0. The third-order valence-electron chi connectivity index (χ3n) is 9.26. The number of likely N-dealkylation sites (N-methyl/N-ethyl adjacent to an activating group) is 1. The summed E-state index contributed by atoms with van der Waals surface area (Å²) in [6, 6.07) is 9.58. The zero-order valence-electron chi connectivity index (χ0n) is 22.6. The van der Waals surface area contributed by atoms with Crippen LogP contribution in [0.25, 0.3) is 11.3 Å². The Labute approximate surface area is 228 Å². The smallest absolute Gasteiger partial charge is 0.253 e. The molecule has 0 unspecified atom stereocenters. The molecular weight excluding hydrogens is 493 g/mol. The predicted octanol–water partition coefficient (Wildman–Crippen LogP) is 4.46. The van der Waals surface area contributed by atoms with Crippen LogP contribution in [0.3, 0.4) is 0 Å². The van der Waals surface area contributed by atoms with Crippen LogP contribution >= 0.6 is 0 Å². The molecule has 3 fully saturated rings. The first-order chi connectivity index (χ1) is 18.9. The summed E-state index contributed by atoms with van der Waals surface area (Å²) in [7, 11) is 1.87. The molecule has 0 radical (unpaired) electrons. The Bertz CT molecular complexity index is 1420. The molecule has 0 atom stereocenters. The van der Waals surface area contributed by atoms with E-state index in [1.165, 1.54) is 19.3 Å². The number of pyridine rings is 1. The summed E-state index contributed by atoms with van der Waals surface area (Å²) < 4.78 is 15.0. The maximum absolute atomic E-state index is 15.0. The summed E-state index contributed by atoms with van der Waals surface area (Å²) in [4.78, 5) is 32.8. The highest BCUT2D eigenvalue weighted by Crippen LogP contribution is 2.47. The molecule has 1 aromatic carbocycles. The SMILES string of the molecule is CCN1CC2(C1)CN(c1ccc(Nc3ncc(F)c(-c4ccc5c(c4)C4(CCCC4)CN(C)C5=O)n3)nc1)C2. The first-order valence-electron chi connectivity index (χ1n) is 14.0. The molecule has 9 heteroatoms. The van der Waals surface area contributed by atoms with Gasteiger partial charge in [0.1, 0.15) is 11.5 Å². The topological polar surface area (TPSA) is 77.5 Å². The lowest BCUT2D eigenvalue weighted by Crippen LogP contribution is -2.72. The average Bonchev–Trinajstić information content (AvgIpc) is 3.37. The second kappa shape index (κ2) is 8.98. The van der Waals surface area contributed by atoms with Crippen molar-refractivity contribution in [3.63, 3.8) is 0 Å². The Balaban J connectivity index is 1.10. The van der Waals surface area contributed by atoms with Gasteiger partial charge in [-0.05, 0) is 49.2 Å². The van der Waals surface area contributed by atoms with Gasteiger partial charge in [0.25, 0.3) is 5.91 Å². The van der Waals surface area contributed by atoms with Gasteiger partial charge in [-0.3, -0.25) is 4.79 Å². The molecule has 4 aliphatic rings. The molecule has 0 bridgehead atoms. The first-order valence-corrected chi connectivity index (χ1v) is 14.0. The Hall–Kier alpha value is -3.59. The van der Waals surface area contributed by atoms with Crippen molar-refractivity contribution >= 4 is 23.4 Å². The van der Waals surface area contributed by atoms with Crippen LogP contribution in [-0.4, -0.2) is 77.0 Å². The van der Waals surface area contributed by atoms with Crippen molar-refractivity contribution in [2.45, 2.75) is 38.0 Å². The van der Waals surface area contributed by atoms with Crippen LogP contribution < -0.4 is 10.2 Å². The van der Waals surface area contributed by atoms with Gasteiger partial charge in [-0.1, -0.05) is 25.8 Å². The Morgan fingerprint density at radius 2 is 1.79 bits per heavy atom. The monoisotopic (exact) mass is 527 g/mol. The van der Waals surface area contributed by atoms with Crippen LogP contribution in [-0.2, 0) is 5.41 Å². The Morgan fingerprint density at radius 3 is 2.51 bits per heavy atom. The van der Waals surface area contributed by atoms with Crippen LogP contribution in [0.4, 0.5) is 21.8 Å². The standard InChI is InChI=1S/C30H34FN7O/c1-3-37-15-29(16-37)17-38(18-29)21-7-9-25(32-13-21)34-28-33-14-24(31)26(35-28)20-6-8-22-23(12-20)30(10-4-5-11-30)19-36(2)27(22)39/h6-9,12-14H,3-5,10-11,15-19H2,1-2H3,(H,32,33,34,35). The minimum absolute atomic E-state index is 0.0260. The molecule has 2 saturated heterocycles. The van der Waals surface area contributed by atoms with Gasteiger partial charge in [-0.25, -0.2) is 19.3 Å². The number of fused-ring (bicyclic) bond motifs is 2. The normalized spacial score (nSPS) is 21.2. The molecular formula is C30H34FN7O. The second-order valence-corrected chi connectivity index (χ2v) is 12.0. The van der Waals surface area contributed by atoms with Crippen molar-refractivity contribution in [2.24, 2.45) is 5.41 Å². The van der Waals surface area contributed by atoms with Gasteiger partial charge < -0.3 is 20.0 Å². The summed E-state index contributed by atoms with van der Waals surface area (Å²) in [6.07, 6.45) is 7.43. The molecule has 39 heavy (non-hydrogen) atoms. The number of likely N-dealkylation sites (tertiary alicyclic amines) is 1. The number of hydrogen-bond acceptors (Lipinski definition) is 7. The lowest BCUT2D eigenvalue weighted by molar-refractivity contribution is -0.0178.